The average molecular weight is 296 g/mol. The van der Waals surface area contributed by atoms with Gasteiger partial charge in [0.05, 0.1) is 6.42 Å². The second-order valence-corrected chi connectivity index (χ2v) is 6.95. The fourth-order valence-corrected chi connectivity index (χ4v) is 2.46. The third kappa shape index (κ3) is 5.16. The van der Waals surface area contributed by atoms with Crippen LogP contribution >= 0.6 is 11.6 Å². The SMILES string of the molecule is Cc1ccc(C)c(CC(=O)NC(CCCl)C(C)(C)C)c1. The van der Waals surface area contributed by atoms with E-state index < -0.39 is 0 Å². The second-order valence-electron chi connectivity index (χ2n) is 6.57. The molecule has 0 saturated carbocycles. The molecule has 0 spiro atoms. The van der Waals surface area contributed by atoms with Gasteiger partial charge in [0, 0.05) is 11.9 Å². The number of carbonyl (C=O) groups is 1. The van der Waals surface area contributed by atoms with Gasteiger partial charge in [-0.15, -0.1) is 11.6 Å². The van der Waals surface area contributed by atoms with Gasteiger partial charge >= 0.3 is 0 Å². The monoisotopic (exact) mass is 295 g/mol. The molecule has 112 valence electrons. The summed E-state index contributed by atoms with van der Waals surface area (Å²) >= 11 is 5.84. The van der Waals surface area contributed by atoms with Gasteiger partial charge in [-0.05, 0) is 36.8 Å². The number of alkyl halides is 1. The van der Waals surface area contributed by atoms with Crippen LogP contribution in [-0.4, -0.2) is 17.8 Å². The van der Waals surface area contributed by atoms with Crippen LogP contribution in [0, 0.1) is 19.3 Å². The predicted octanol–water partition coefficient (Wildman–Crippen LogP) is 4.01. The molecule has 1 unspecified atom stereocenters. The van der Waals surface area contributed by atoms with Crippen molar-refractivity contribution in [2.75, 3.05) is 5.88 Å². The first-order chi connectivity index (χ1) is 9.24. The van der Waals surface area contributed by atoms with Crippen LogP contribution in [0.15, 0.2) is 18.2 Å². The minimum Gasteiger partial charge on any atom is -0.353 e. The standard InChI is InChI=1S/C17H26ClNO/c1-12-6-7-13(2)14(10-12)11-16(20)19-15(8-9-18)17(3,4)5/h6-7,10,15H,8-9,11H2,1-5H3,(H,19,20). The van der Waals surface area contributed by atoms with Crippen molar-refractivity contribution < 1.29 is 4.79 Å². The Kier molecular flexibility index (Phi) is 6.07. The molecule has 0 aliphatic carbocycles. The predicted molar refractivity (Wildman–Crippen MR) is 86.3 cm³/mol. The Balaban J connectivity index is 2.73. The number of halogens is 1. The summed E-state index contributed by atoms with van der Waals surface area (Å²) in [7, 11) is 0. The van der Waals surface area contributed by atoms with E-state index >= 15 is 0 Å². The fraction of sp³-hybridized carbons (Fsp3) is 0.588. The zero-order chi connectivity index (χ0) is 15.3. The Morgan fingerprint density at radius 1 is 1.30 bits per heavy atom. The molecule has 1 N–H and O–H groups in total. The van der Waals surface area contributed by atoms with Gasteiger partial charge in [-0.25, -0.2) is 0 Å². The summed E-state index contributed by atoms with van der Waals surface area (Å²) in [4.78, 5) is 12.3. The smallest absolute Gasteiger partial charge is 0.224 e. The lowest BCUT2D eigenvalue weighted by Crippen LogP contribution is -2.44. The van der Waals surface area contributed by atoms with Crippen molar-refractivity contribution in [3.63, 3.8) is 0 Å². The maximum absolute atomic E-state index is 12.3. The van der Waals surface area contributed by atoms with Gasteiger partial charge in [0.15, 0.2) is 0 Å². The van der Waals surface area contributed by atoms with Gasteiger partial charge in [0.25, 0.3) is 0 Å². The van der Waals surface area contributed by atoms with Crippen molar-refractivity contribution >= 4 is 17.5 Å². The van der Waals surface area contributed by atoms with Gasteiger partial charge in [-0.2, -0.15) is 0 Å². The number of amides is 1. The molecule has 0 aliphatic heterocycles. The van der Waals surface area contributed by atoms with Crippen LogP contribution in [0.25, 0.3) is 0 Å². The highest BCUT2D eigenvalue weighted by atomic mass is 35.5. The molecule has 3 heteroatoms. The number of aryl methyl sites for hydroxylation is 2. The first-order valence-electron chi connectivity index (χ1n) is 7.15. The topological polar surface area (TPSA) is 29.1 Å². The van der Waals surface area contributed by atoms with Crippen molar-refractivity contribution in [3.05, 3.63) is 34.9 Å². The molecule has 0 saturated heterocycles. The Hall–Kier alpha value is -1.02. The van der Waals surface area contributed by atoms with Crippen LogP contribution in [-0.2, 0) is 11.2 Å². The van der Waals surface area contributed by atoms with Crippen molar-refractivity contribution in [2.24, 2.45) is 5.41 Å². The normalized spacial score (nSPS) is 13.1. The summed E-state index contributed by atoms with van der Waals surface area (Å²) in [6, 6.07) is 6.33. The van der Waals surface area contributed by atoms with Crippen LogP contribution in [0.5, 0.6) is 0 Å². The zero-order valence-electron chi connectivity index (χ0n) is 13.2. The van der Waals surface area contributed by atoms with Crippen LogP contribution in [0.3, 0.4) is 0 Å². The molecule has 0 fully saturated rings. The van der Waals surface area contributed by atoms with Crippen molar-refractivity contribution in [2.45, 2.75) is 53.5 Å². The number of carbonyl (C=O) groups excluding carboxylic acids is 1. The van der Waals surface area contributed by atoms with Crippen molar-refractivity contribution in [3.8, 4) is 0 Å². The molecule has 0 radical (unpaired) electrons. The first-order valence-corrected chi connectivity index (χ1v) is 7.69. The molecule has 1 rings (SSSR count). The van der Waals surface area contributed by atoms with Crippen molar-refractivity contribution in [1.82, 2.24) is 5.32 Å². The molecule has 1 atom stereocenters. The molecule has 1 amide bonds. The van der Waals surface area contributed by atoms with E-state index in [2.05, 4.69) is 44.3 Å². The summed E-state index contributed by atoms with van der Waals surface area (Å²) in [6.07, 6.45) is 1.23. The Morgan fingerprint density at radius 2 is 1.95 bits per heavy atom. The lowest BCUT2D eigenvalue weighted by molar-refractivity contribution is -0.121. The first kappa shape index (κ1) is 17.0. The van der Waals surface area contributed by atoms with Crippen molar-refractivity contribution in [1.29, 1.82) is 0 Å². The number of hydrogen-bond donors (Lipinski definition) is 1. The summed E-state index contributed by atoms with van der Waals surface area (Å²) in [6.45, 7) is 10.5. The number of nitrogens with one attached hydrogen (secondary N) is 1. The molecule has 1 aromatic rings. The van der Waals surface area contributed by atoms with E-state index in [-0.39, 0.29) is 17.4 Å². The molecule has 0 bridgehead atoms. The van der Waals surface area contributed by atoms with E-state index in [1.54, 1.807) is 0 Å². The second kappa shape index (κ2) is 7.12. The average Bonchev–Trinajstić information content (AvgIpc) is 2.32. The van der Waals surface area contributed by atoms with E-state index in [0.29, 0.717) is 12.3 Å². The molecule has 0 aromatic heterocycles. The Morgan fingerprint density at radius 3 is 2.50 bits per heavy atom. The largest absolute Gasteiger partial charge is 0.353 e. The number of rotatable bonds is 5. The van der Waals surface area contributed by atoms with Gasteiger partial charge in [-0.1, -0.05) is 44.5 Å². The number of benzene rings is 1. The number of hydrogen-bond acceptors (Lipinski definition) is 1. The highest BCUT2D eigenvalue weighted by Crippen LogP contribution is 2.22. The highest BCUT2D eigenvalue weighted by Gasteiger charge is 2.25. The van der Waals surface area contributed by atoms with E-state index in [1.807, 2.05) is 13.8 Å². The summed E-state index contributed by atoms with van der Waals surface area (Å²) in [5, 5.41) is 3.13. The molecular weight excluding hydrogens is 270 g/mol. The summed E-state index contributed by atoms with van der Waals surface area (Å²) < 4.78 is 0. The van der Waals surface area contributed by atoms with Crippen LogP contribution in [0.4, 0.5) is 0 Å². The minimum atomic E-state index is 0.0200. The van der Waals surface area contributed by atoms with Gasteiger partial charge in [0.1, 0.15) is 0 Å². The van der Waals surface area contributed by atoms with E-state index in [9.17, 15) is 4.79 Å². The lowest BCUT2D eigenvalue weighted by atomic mass is 9.85. The van der Waals surface area contributed by atoms with Gasteiger partial charge in [-0.3, -0.25) is 4.79 Å². The maximum atomic E-state index is 12.3. The van der Waals surface area contributed by atoms with E-state index in [0.717, 1.165) is 17.5 Å². The molecule has 0 aliphatic rings. The maximum Gasteiger partial charge on any atom is 0.224 e. The summed E-state index contributed by atoms with van der Waals surface area (Å²) in [5.74, 6) is 0.634. The van der Waals surface area contributed by atoms with Crippen LogP contribution < -0.4 is 5.32 Å². The molecule has 1 aromatic carbocycles. The third-order valence-electron chi connectivity index (χ3n) is 3.63. The fourth-order valence-electron chi connectivity index (χ4n) is 2.24. The Bertz CT molecular complexity index is 463. The summed E-state index contributed by atoms with van der Waals surface area (Å²) in [5.41, 5.74) is 3.47. The Labute approximate surface area is 127 Å². The minimum absolute atomic E-state index is 0.0200. The molecule has 20 heavy (non-hydrogen) atoms. The quantitative estimate of drug-likeness (QED) is 0.817. The molecule has 0 heterocycles. The van der Waals surface area contributed by atoms with E-state index in [4.69, 9.17) is 11.6 Å². The third-order valence-corrected chi connectivity index (χ3v) is 3.85. The van der Waals surface area contributed by atoms with Crippen LogP contribution in [0.1, 0.15) is 43.9 Å². The lowest BCUT2D eigenvalue weighted by Gasteiger charge is -2.31. The van der Waals surface area contributed by atoms with E-state index in [1.165, 1.54) is 5.56 Å². The highest BCUT2D eigenvalue weighted by molar-refractivity contribution is 6.17. The van der Waals surface area contributed by atoms with Crippen LogP contribution in [0.2, 0.25) is 0 Å². The zero-order valence-corrected chi connectivity index (χ0v) is 14.0. The van der Waals surface area contributed by atoms with Gasteiger partial charge in [0.2, 0.25) is 5.91 Å². The molecular formula is C17H26ClNO. The molecule has 2 nitrogen and oxygen atoms in total. The van der Waals surface area contributed by atoms with Gasteiger partial charge < -0.3 is 5.32 Å².